The number of benzene rings is 1. The number of aromatic nitrogens is 4. The quantitative estimate of drug-likeness (QED) is 0.873. The van der Waals surface area contributed by atoms with E-state index in [2.05, 4.69) is 22.4 Å². The summed E-state index contributed by atoms with van der Waals surface area (Å²) in [5, 5.41) is 12.1. The molecule has 21 heavy (non-hydrogen) atoms. The Morgan fingerprint density at radius 1 is 1.38 bits per heavy atom. The predicted octanol–water partition coefficient (Wildman–Crippen LogP) is 2.37. The first-order valence-corrected chi connectivity index (χ1v) is 7.37. The molecule has 0 saturated heterocycles. The summed E-state index contributed by atoms with van der Waals surface area (Å²) in [5.74, 6) is 2.92. The molecule has 0 radical (unpaired) electrons. The van der Waals surface area contributed by atoms with E-state index in [1.54, 1.807) is 7.11 Å². The molecule has 6 heteroatoms. The second-order valence-corrected chi connectivity index (χ2v) is 5.92. The Bertz CT molecular complexity index is 624. The van der Waals surface area contributed by atoms with Gasteiger partial charge in [-0.15, -0.1) is 5.10 Å². The normalized spacial score (nSPS) is 21.6. The van der Waals surface area contributed by atoms with Gasteiger partial charge in [-0.2, -0.15) is 0 Å². The Hall–Kier alpha value is -2.11. The van der Waals surface area contributed by atoms with E-state index in [-0.39, 0.29) is 0 Å². The van der Waals surface area contributed by atoms with E-state index in [4.69, 9.17) is 10.5 Å². The third-order valence-corrected chi connectivity index (χ3v) is 4.27. The summed E-state index contributed by atoms with van der Waals surface area (Å²) in [6, 6.07) is 5.55. The van der Waals surface area contributed by atoms with Crippen LogP contribution in [0.3, 0.4) is 0 Å². The van der Waals surface area contributed by atoms with Gasteiger partial charge in [-0.1, -0.05) is 13.3 Å². The minimum atomic E-state index is 0.647. The summed E-state index contributed by atoms with van der Waals surface area (Å²) in [6.45, 7) is 3.16. The van der Waals surface area contributed by atoms with Crippen LogP contribution >= 0.6 is 0 Å². The highest BCUT2D eigenvalue weighted by molar-refractivity contribution is 5.73. The van der Waals surface area contributed by atoms with Gasteiger partial charge in [0.25, 0.3) is 0 Å². The molecular formula is C15H21N5O. The molecule has 1 aromatic heterocycles. The number of hydrogen-bond acceptors (Lipinski definition) is 5. The van der Waals surface area contributed by atoms with Crippen molar-refractivity contribution >= 4 is 5.69 Å². The average Bonchev–Trinajstić information content (AvgIpc) is 3.09. The van der Waals surface area contributed by atoms with E-state index in [0.717, 1.165) is 23.8 Å². The fraction of sp³-hybridized carbons (Fsp3) is 0.533. The number of hydrogen-bond donors (Lipinski definition) is 1. The first-order chi connectivity index (χ1) is 10.2. The standard InChI is InChI=1S/C15H21N5O/c1-10-3-4-11(7-10)9-20-15(17-18-19-20)13-8-12(21-2)5-6-14(13)16/h5-6,8,10-11H,3-4,7,9,16H2,1-2H3. The van der Waals surface area contributed by atoms with Crippen LogP contribution in [0.15, 0.2) is 18.2 Å². The van der Waals surface area contributed by atoms with Crippen LogP contribution < -0.4 is 10.5 Å². The lowest BCUT2D eigenvalue weighted by Crippen LogP contribution is -2.11. The number of methoxy groups -OCH3 is 1. The zero-order valence-corrected chi connectivity index (χ0v) is 12.5. The van der Waals surface area contributed by atoms with Crippen molar-refractivity contribution in [1.82, 2.24) is 20.2 Å². The highest BCUT2D eigenvalue weighted by Crippen LogP contribution is 2.33. The average molecular weight is 287 g/mol. The van der Waals surface area contributed by atoms with Crippen LogP contribution in [0.2, 0.25) is 0 Å². The van der Waals surface area contributed by atoms with Crippen molar-refractivity contribution in [3.8, 4) is 17.1 Å². The number of nitrogen functional groups attached to an aromatic ring is 1. The van der Waals surface area contributed by atoms with Gasteiger partial charge in [0, 0.05) is 17.8 Å². The van der Waals surface area contributed by atoms with E-state index in [1.165, 1.54) is 19.3 Å². The molecule has 2 aromatic rings. The molecule has 0 aliphatic heterocycles. The number of nitrogens with zero attached hydrogens (tertiary/aromatic N) is 4. The minimum absolute atomic E-state index is 0.647. The monoisotopic (exact) mass is 287 g/mol. The molecule has 1 heterocycles. The fourth-order valence-corrected chi connectivity index (χ4v) is 3.11. The summed E-state index contributed by atoms with van der Waals surface area (Å²) in [5.41, 5.74) is 7.55. The number of rotatable bonds is 4. The van der Waals surface area contributed by atoms with Gasteiger partial charge >= 0.3 is 0 Å². The van der Waals surface area contributed by atoms with Gasteiger partial charge < -0.3 is 10.5 Å². The molecular weight excluding hydrogens is 266 g/mol. The van der Waals surface area contributed by atoms with Crippen molar-refractivity contribution in [1.29, 1.82) is 0 Å². The maximum Gasteiger partial charge on any atom is 0.184 e. The van der Waals surface area contributed by atoms with Crippen LogP contribution in [-0.4, -0.2) is 27.3 Å². The smallest absolute Gasteiger partial charge is 0.184 e. The van der Waals surface area contributed by atoms with Crippen LogP contribution in [-0.2, 0) is 6.54 Å². The Kier molecular flexibility index (Phi) is 3.77. The largest absolute Gasteiger partial charge is 0.497 e. The molecule has 1 saturated carbocycles. The van der Waals surface area contributed by atoms with Gasteiger partial charge in [0.1, 0.15) is 5.75 Å². The minimum Gasteiger partial charge on any atom is -0.497 e. The molecule has 0 bridgehead atoms. The van der Waals surface area contributed by atoms with E-state index < -0.39 is 0 Å². The molecule has 112 valence electrons. The SMILES string of the molecule is COc1ccc(N)c(-c2nnnn2CC2CCC(C)C2)c1. The predicted molar refractivity (Wildman–Crippen MR) is 80.7 cm³/mol. The van der Waals surface area contributed by atoms with Crippen molar-refractivity contribution in [2.45, 2.75) is 32.7 Å². The summed E-state index contributed by atoms with van der Waals surface area (Å²) in [7, 11) is 1.64. The van der Waals surface area contributed by atoms with E-state index in [0.29, 0.717) is 17.4 Å². The lowest BCUT2D eigenvalue weighted by molar-refractivity contribution is 0.411. The topological polar surface area (TPSA) is 78.8 Å². The molecule has 1 aromatic carbocycles. The van der Waals surface area contributed by atoms with E-state index in [9.17, 15) is 0 Å². The van der Waals surface area contributed by atoms with Gasteiger partial charge in [-0.3, -0.25) is 0 Å². The summed E-state index contributed by atoms with van der Waals surface area (Å²) < 4.78 is 7.13. The maximum absolute atomic E-state index is 6.07. The number of ether oxygens (including phenoxy) is 1. The third kappa shape index (κ3) is 2.84. The van der Waals surface area contributed by atoms with Crippen molar-refractivity contribution in [2.24, 2.45) is 11.8 Å². The van der Waals surface area contributed by atoms with Crippen molar-refractivity contribution < 1.29 is 4.74 Å². The van der Waals surface area contributed by atoms with Crippen LogP contribution in [0.1, 0.15) is 26.2 Å². The molecule has 1 fully saturated rings. The highest BCUT2D eigenvalue weighted by atomic mass is 16.5. The fourth-order valence-electron chi connectivity index (χ4n) is 3.11. The first kappa shape index (κ1) is 13.9. The molecule has 1 aliphatic rings. The molecule has 3 rings (SSSR count). The molecule has 1 aliphatic carbocycles. The Labute approximate surface area is 124 Å². The summed E-state index contributed by atoms with van der Waals surface area (Å²) in [4.78, 5) is 0. The highest BCUT2D eigenvalue weighted by Gasteiger charge is 2.23. The molecule has 2 unspecified atom stereocenters. The Balaban J connectivity index is 1.88. The van der Waals surface area contributed by atoms with Crippen molar-refractivity contribution in [3.05, 3.63) is 18.2 Å². The second-order valence-electron chi connectivity index (χ2n) is 5.92. The molecule has 2 N–H and O–H groups in total. The zero-order valence-electron chi connectivity index (χ0n) is 12.5. The van der Waals surface area contributed by atoms with Gasteiger partial charge in [0.05, 0.1) is 7.11 Å². The van der Waals surface area contributed by atoms with E-state index >= 15 is 0 Å². The molecule has 0 amide bonds. The van der Waals surface area contributed by atoms with Crippen LogP contribution in [0.25, 0.3) is 11.4 Å². The number of anilines is 1. The molecule has 6 nitrogen and oxygen atoms in total. The number of nitrogens with two attached hydrogens (primary N) is 1. The lowest BCUT2D eigenvalue weighted by Gasteiger charge is -2.12. The van der Waals surface area contributed by atoms with Gasteiger partial charge in [-0.05, 0) is 53.3 Å². The van der Waals surface area contributed by atoms with Crippen molar-refractivity contribution in [2.75, 3.05) is 12.8 Å². The van der Waals surface area contributed by atoms with Gasteiger partial charge in [-0.25, -0.2) is 4.68 Å². The number of tetrazole rings is 1. The van der Waals surface area contributed by atoms with E-state index in [1.807, 2.05) is 22.9 Å². The zero-order chi connectivity index (χ0) is 14.8. The van der Waals surface area contributed by atoms with Gasteiger partial charge in [0.15, 0.2) is 5.82 Å². The van der Waals surface area contributed by atoms with Crippen LogP contribution in [0.4, 0.5) is 5.69 Å². The molecule has 0 spiro atoms. The molecule has 2 atom stereocenters. The second kappa shape index (κ2) is 5.71. The van der Waals surface area contributed by atoms with Crippen LogP contribution in [0.5, 0.6) is 5.75 Å². The summed E-state index contributed by atoms with van der Waals surface area (Å²) >= 11 is 0. The Morgan fingerprint density at radius 3 is 2.95 bits per heavy atom. The maximum atomic E-state index is 6.07. The first-order valence-electron chi connectivity index (χ1n) is 7.37. The van der Waals surface area contributed by atoms with Crippen LogP contribution in [0, 0.1) is 11.8 Å². The Morgan fingerprint density at radius 2 is 2.24 bits per heavy atom. The van der Waals surface area contributed by atoms with Gasteiger partial charge in [0.2, 0.25) is 0 Å². The lowest BCUT2D eigenvalue weighted by atomic mass is 10.1. The third-order valence-electron chi connectivity index (χ3n) is 4.27. The van der Waals surface area contributed by atoms with Crippen molar-refractivity contribution in [3.63, 3.8) is 0 Å². The summed E-state index contributed by atoms with van der Waals surface area (Å²) in [6.07, 6.45) is 3.78.